The van der Waals surface area contributed by atoms with Crippen LogP contribution in [0.1, 0.15) is 6.92 Å². The number of halogens is 1. The average Bonchev–Trinajstić information content (AvgIpc) is 2.88. The lowest BCUT2D eigenvalue weighted by molar-refractivity contribution is -0.116. The predicted molar refractivity (Wildman–Crippen MR) is 75.8 cm³/mol. The van der Waals surface area contributed by atoms with Crippen molar-refractivity contribution in [2.75, 3.05) is 0 Å². The van der Waals surface area contributed by atoms with Crippen molar-refractivity contribution in [3.8, 4) is 17.5 Å². The molecule has 0 atom stereocenters. The van der Waals surface area contributed by atoms with Crippen LogP contribution in [-0.4, -0.2) is 26.0 Å². The van der Waals surface area contributed by atoms with E-state index >= 15 is 0 Å². The maximum Gasteiger partial charge on any atom is 0.204 e. The molecule has 0 aliphatic rings. The van der Waals surface area contributed by atoms with Gasteiger partial charge in [0.25, 0.3) is 0 Å². The molecule has 1 heterocycles. The van der Waals surface area contributed by atoms with Gasteiger partial charge in [0, 0.05) is 16.3 Å². The van der Waals surface area contributed by atoms with Crippen LogP contribution in [0.4, 0.5) is 0 Å². The highest BCUT2D eigenvalue weighted by molar-refractivity contribution is 6.30. The number of ketones is 1. The highest BCUT2D eigenvalue weighted by Gasteiger charge is 2.14. The smallest absolute Gasteiger partial charge is 0.204 e. The number of Topliss-reactive ketones (excluding diaryl/α,β-unsaturated/α-hetero) is 1. The maximum absolute atomic E-state index is 11.9. The third-order valence-corrected chi connectivity index (χ3v) is 2.88. The van der Waals surface area contributed by atoms with Crippen LogP contribution in [0.3, 0.4) is 0 Å². The number of carbonyl (C=O) groups excluding carboxylic acids is 1. The van der Waals surface area contributed by atoms with E-state index in [0.29, 0.717) is 10.8 Å². The second-order valence-electron chi connectivity index (χ2n) is 4.24. The van der Waals surface area contributed by atoms with Gasteiger partial charge in [0.05, 0.1) is 0 Å². The lowest BCUT2D eigenvalue weighted by atomic mass is 10.1. The van der Waals surface area contributed by atoms with Crippen LogP contribution in [0.2, 0.25) is 5.02 Å². The van der Waals surface area contributed by atoms with Crippen molar-refractivity contribution in [1.82, 2.24) is 20.2 Å². The molecule has 7 nitrogen and oxygen atoms in total. The Labute approximate surface area is 125 Å². The fourth-order valence-corrected chi connectivity index (χ4v) is 1.73. The van der Waals surface area contributed by atoms with Gasteiger partial charge in [0.15, 0.2) is 5.78 Å². The first-order valence-corrected chi connectivity index (χ1v) is 6.32. The Morgan fingerprint density at radius 1 is 1.43 bits per heavy atom. The van der Waals surface area contributed by atoms with Crippen LogP contribution in [0.5, 0.6) is 0 Å². The number of tetrazole rings is 1. The maximum atomic E-state index is 11.9. The number of benzene rings is 1. The molecule has 21 heavy (non-hydrogen) atoms. The van der Waals surface area contributed by atoms with Gasteiger partial charge in [0.1, 0.15) is 18.2 Å². The van der Waals surface area contributed by atoms with Crippen LogP contribution in [0.15, 0.2) is 35.5 Å². The topological polar surface area (TPSA) is 110 Å². The van der Waals surface area contributed by atoms with Crippen LogP contribution in [0.25, 0.3) is 11.4 Å². The van der Waals surface area contributed by atoms with Crippen molar-refractivity contribution in [2.24, 2.45) is 5.73 Å². The minimum absolute atomic E-state index is 0.0969. The first-order valence-electron chi connectivity index (χ1n) is 5.94. The summed E-state index contributed by atoms with van der Waals surface area (Å²) >= 11 is 5.80. The van der Waals surface area contributed by atoms with Gasteiger partial charge in [-0.25, -0.2) is 0 Å². The summed E-state index contributed by atoms with van der Waals surface area (Å²) < 4.78 is 0. The van der Waals surface area contributed by atoms with Crippen molar-refractivity contribution in [1.29, 1.82) is 5.26 Å². The number of carbonyl (C=O) groups is 1. The highest BCUT2D eigenvalue weighted by Crippen LogP contribution is 2.17. The van der Waals surface area contributed by atoms with Crippen molar-refractivity contribution in [3.05, 3.63) is 40.6 Å². The average molecular weight is 303 g/mol. The van der Waals surface area contributed by atoms with Gasteiger partial charge in [-0.3, -0.25) is 4.79 Å². The molecule has 0 aliphatic carbocycles. The molecule has 8 heteroatoms. The number of nitriles is 1. The van der Waals surface area contributed by atoms with Crippen LogP contribution < -0.4 is 5.73 Å². The number of allylic oxidation sites excluding steroid dienone is 2. The zero-order chi connectivity index (χ0) is 15.4. The molecule has 0 unspecified atom stereocenters. The zero-order valence-electron chi connectivity index (χ0n) is 11.1. The molecule has 2 aromatic rings. The Bertz CT molecular complexity index is 737. The minimum Gasteiger partial charge on any atom is -0.401 e. The summed E-state index contributed by atoms with van der Waals surface area (Å²) in [6.07, 6.45) is 0. The van der Waals surface area contributed by atoms with Crippen molar-refractivity contribution >= 4 is 17.4 Å². The van der Waals surface area contributed by atoms with E-state index in [1.54, 1.807) is 30.3 Å². The molecular weight excluding hydrogens is 292 g/mol. The van der Waals surface area contributed by atoms with Gasteiger partial charge in [-0.1, -0.05) is 11.6 Å². The molecule has 2 N–H and O–H groups in total. The first-order chi connectivity index (χ1) is 10.0. The molecule has 2 rings (SSSR count). The van der Waals surface area contributed by atoms with Crippen LogP contribution >= 0.6 is 11.6 Å². The number of rotatable bonds is 4. The molecule has 0 fully saturated rings. The van der Waals surface area contributed by atoms with E-state index in [9.17, 15) is 4.79 Å². The van der Waals surface area contributed by atoms with Gasteiger partial charge in [-0.2, -0.15) is 10.1 Å². The largest absolute Gasteiger partial charge is 0.401 e. The molecule has 0 radical (unpaired) electrons. The molecule has 0 saturated heterocycles. The van der Waals surface area contributed by atoms with E-state index < -0.39 is 5.78 Å². The SMILES string of the molecule is C/C(N)=C(/C#N)C(=O)Cn1nnc(-c2ccc(Cl)cc2)n1. The summed E-state index contributed by atoms with van der Waals surface area (Å²) in [6, 6.07) is 8.67. The summed E-state index contributed by atoms with van der Waals surface area (Å²) in [4.78, 5) is 13.0. The third kappa shape index (κ3) is 3.43. The lowest BCUT2D eigenvalue weighted by Crippen LogP contribution is -2.17. The molecule has 0 bridgehead atoms. The molecular formula is C13H11ClN6O. The van der Waals surface area contributed by atoms with E-state index in [1.807, 2.05) is 0 Å². The third-order valence-electron chi connectivity index (χ3n) is 2.63. The summed E-state index contributed by atoms with van der Waals surface area (Å²) in [5, 5.41) is 21.2. The Balaban J connectivity index is 2.18. The van der Waals surface area contributed by atoms with Gasteiger partial charge < -0.3 is 5.73 Å². The number of hydrogen-bond donors (Lipinski definition) is 1. The summed E-state index contributed by atoms with van der Waals surface area (Å²) in [5.41, 5.74) is 6.27. The van der Waals surface area contributed by atoms with E-state index in [4.69, 9.17) is 22.6 Å². The summed E-state index contributed by atoms with van der Waals surface area (Å²) in [7, 11) is 0. The van der Waals surface area contributed by atoms with Crippen LogP contribution in [-0.2, 0) is 11.3 Å². The number of nitrogens with zero attached hydrogens (tertiary/aromatic N) is 5. The van der Waals surface area contributed by atoms with E-state index in [-0.39, 0.29) is 17.8 Å². The minimum atomic E-state index is -0.461. The number of nitrogens with two attached hydrogens (primary N) is 1. The lowest BCUT2D eigenvalue weighted by Gasteiger charge is -1.99. The second kappa shape index (κ2) is 6.15. The van der Waals surface area contributed by atoms with E-state index in [2.05, 4.69) is 15.4 Å². The van der Waals surface area contributed by atoms with Gasteiger partial charge in [0.2, 0.25) is 5.82 Å². The Morgan fingerprint density at radius 2 is 2.10 bits per heavy atom. The predicted octanol–water partition coefficient (Wildman–Crippen LogP) is 1.32. The normalized spacial score (nSPS) is 11.7. The number of aromatic nitrogens is 4. The van der Waals surface area contributed by atoms with Crippen molar-refractivity contribution in [2.45, 2.75) is 13.5 Å². The first kappa shape index (κ1) is 14.7. The van der Waals surface area contributed by atoms with Gasteiger partial charge in [-0.15, -0.1) is 10.2 Å². The van der Waals surface area contributed by atoms with E-state index in [0.717, 1.165) is 10.4 Å². The fourth-order valence-electron chi connectivity index (χ4n) is 1.60. The molecule has 0 aliphatic heterocycles. The zero-order valence-corrected chi connectivity index (χ0v) is 11.9. The number of hydrogen-bond acceptors (Lipinski definition) is 6. The molecule has 0 amide bonds. The molecule has 1 aromatic carbocycles. The van der Waals surface area contributed by atoms with Crippen molar-refractivity contribution < 1.29 is 4.79 Å². The monoisotopic (exact) mass is 302 g/mol. The summed E-state index contributed by atoms with van der Waals surface area (Å²) in [5.74, 6) is -0.0935. The summed E-state index contributed by atoms with van der Waals surface area (Å²) in [6.45, 7) is 1.29. The Morgan fingerprint density at radius 3 is 2.67 bits per heavy atom. The Hall–Kier alpha value is -2.72. The second-order valence-corrected chi connectivity index (χ2v) is 4.68. The molecule has 0 spiro atoms. The standard InChI is InChI=1S/C13H11ClN6O/c1-8(16)11(6-15)12(21)7-20-18-13(17-19-20)9-2-4-10(14)5-3-9/h2-5H,7,16H2,1H3/b11-8+. The molecule has 1 aromatic heterocycles. The molecule has 106 valence electrons. The van der Waals surface area contributed by atoms with Gasteiger partial charge in [-0.05, 0) is 36.4 Å². The highest BCUT2D eigenvalue weighted by atomic mass is 35.5. The fraction of sp³-hybridized carbons (Fsp3) is 0.154. The molecule has 0 saturated carbocycles. The van der Waals surface area contributed by atoms with Crippen LogP contribution in [0, 0.1) is 11.3 Å². The van der Waals surface area contributed by atoms with Crippen molar-refractivity contribution in [3.63, 3.8) is 0 Å². The Kier molecular flexibility index (Phi) is 4.30. The quantitative estimate of drug-likeness (QED) is 0.673. The van der Waals surface area contributed by atoms with Gasteiger partial charge >= 0.3 is 0 Å². The van der Waals surface area contributed by atoms with E-state index in [1.165, 1.54) is 6.92 Å².